The maximum Gasteiger partial charge on any atom is 0.410 e. The minimum atomic E-state index is -1.63. The van der Waals surface area contributed by atoms with Gasteiger partial charge in [0.2, 0.25) is 3.79 Å². The van der Waals surface area contributed by atoms with Crippen molar-refractivity contribution in [1.29, 1.82) is 0 Å². The number of amides is 2. The number of piperidine rings is 1. The van der Waals surface area contributed by atoms with Gasteiger partial charge in [-0.1, -0.05) is 34.8 Å². The summed E-state index contributed by atoms with van der Waals surface area (Å²) in [5.74, 6) is 0. The molecule has 0 unspecified atom stereocenters. The van der Waals surface area contributed by atoms with Crippen molar-refractivity contribution in [3.63, 3.8) is 0 Å². The van der Waals surface area contributed by atoms with Crippen LogP contribution in [0.5, 0.6) is 0 Å². The Hall–Kier alpha value is -0.590. The number of fused-ring (bicyclic) bond motifs is 2. The average Bonchev–Trinajstić information content (AvgIpc) is 2.66. The van der Waals surface area contributed by atoms with Crippen LogP contribution in [0.25, 0.3) is 0 Å². The average molecular weight is 402 g/mol. The van der Waals surface area contributed by atoms with Crippen LogP contribution in [0.4, 0.5) is 9.59 Å². The quantitative estimate of drug-likeness (QED) is 0.710. The molecule has 0 saturated carbocycles. The molecule has 0 aromatic carbocycles. The largest absolute Gasteiger partial charge is 0.445 e. The third-order valence-corrected chi connectivity index (χ3v) is 4.35. The number of nitrogens with one attached hydrogen (secondary N) is 1. The zero-order valence-electron chi connectivity index (χ0n) is 14.0. The number of hydrogen-bond acceptors (Lipinski definition) is 4. The number of alkyl halides is 3. The number of rotatable bonds is 2. The van der Waals surface area contributed by atoms with Crippen LogP contribution in [0.2, 0.25) is 0 Å². The van der Waals surface area contributed by atoms with E-state index in [1.165, 1.54) is 0 Å². The van der Waals surface area contributed by atoms with Gasteiger partial charge in [0.05, 0.1) is 0 Å². The Morgan fingerprint density at radius 2 is 1.67 bits per heavy atom. The van der Waals surface area contributed by atoms with Crippen molar-refractivity contribution < 1.29 is 19.1 Å². The highest BCUT2D eigenvalue weighted by atomic mass is 35.6. The second-order valence-corrected chi connectivity index (χ2v) is 9.79. The first-order valence-corrected chi connectivity index (χ1v) is 9.09. The van der Waals surface area contributed by atoms with E-state index >= 15 is 0 Å². The van der Waals surface area contributed by atoms with Gasteiger partial charge >= 0.3 is 12.2 Å². The molecule has 0 aromatic rings. The Balaban J connectivity index is 1.86. The molecule has 1 N–H and O–H groups in total. The lowest BCUT2D eigenvalue weighted by molar-refractivity contribution is 0.00482. The van der Waals surface area contributed by atoms with Gasteiger partial charge in [-0.3, -0.25) is 0 Å². The molecule has 2 rings (SSSR count). The molecule has 0 aliphatic carbocycles. The maximum absolute atomic E-state index is 12.4. The molecular weight excluding hydrogens is 379 g/mol. The molecule has 3 atom stereocenters. The van der Waals surface area contributed by atoms with E-state index in [-0.39, 0.29) is 30.8 Å². The number of carbonyl (C=O) groups is 2. The van der Waals surface area contributed by atoms with Gasteiger partial charge in [-0.25, -0.2) is 9.59 Å². The summed E-state index contributed by atoms with van der Waals surface area (Å²) in [6.45, 7) is 5.23. The van der Waals surface area contributed by atoms with Gasteiger partial charge in [-0.15, -0.1) is 0 Å². The van der Waals surface area contributed by atoms with Gasteiger partial charge in [0.25, 0.3) is 0 Å². The van der Waals surface area contributed by atoms with Crippen molar-refractivity contribution in [3.05, 3.63) is 0 Å². The lowest BCUT2D eigenvalue weighted by atomic mass is 9.98. The highest BCUT2D eigenvalue weighted by Crippen LogP contribution is 2.37. The lowest BCUT2D eigenvalue weighted by Gasteiger charge is -2.39. The van der Waals surface area contributed by atoms with Gasteiger partial charge in [0.15, 0.2) is 0 Å². The molecule has 24 heavy (non-hydrogen) atoms. The molecule has 2 aliphatic heterocycles. The molecule has 6 nitrogen and oxygen atoms in total. The molecule has 138 valence electrons. The summed E-state index contributed by atoms with van der Waals surface area (Å²) in [5.41, 5.74) is -0.521. The first-order chi connectivity index (χ1) is 10.9. The number of alkyl carbamates (subject to hydrolysis) is 1. The molecule has 0 radical (unpaired) electrons. The second-order valence-electron chi connectivity index (χ2n) is 7.28. The first-order valence-electron chi connectivity index (χ1n) is 7.96. The Morgan fingerprint density at radius 1 is 1.12 bits per heavy atom. The number of ether oxygens (including phenoxy) is 2. The fourth-order valence-corrected chi connectivity index (χ4v) is 3.43. The van der Waals surface area contributed by atoms with Crippen LogP contribution in [0.15, 0.2) is 0 Å². The zero-order chi connectivity index (χ0) is 18.1. The van der Waals surface area contributed by atoms with Crippen LogP contribution >= 0.6 is 34.8 Å². The van der Waals surface area contributed by atoms with Gasteiger partial charge in [0.1, 0.15) is 12.2 Å². The molecule has 0 spiro atoms. The fraction of sp³-hybridized carbons (Fsp3) is 0.867. The molecule has 2 aliphatic rings. The lowest BCUT2D eigenvalue weighted by Crippen LogP contribution is -2.53. The van der Waals surface area contributed by atoms with Crippen LogP contribution in [0.1, 0.15) is 46.5 Å². The van der Waals surface area contributed by atoms with E-state index in [0.29, 0.717) is 12.8 Å². The molecule has 2 fully saturated rings. The third kappa shape index (κ3) is 5.74. The Morgan fingerprint density at radius 3 is 2.12 bits per heavy atom. The Kier molecular flexibility index (Phi) is 6.03. The normalized spacial score (nSPS) is 26.9. The molecule has 2 heterocycles. The van der Waals surface area contributed by atoms with Crippen molar-refractivity contribution in [2.24, 2.45) is 0 Å². The van der Waals surface area contributed by atoms with Gasteiger partial charge in [-0.2, -0.15) is 0 Å². The van der Waals surface area contributed by atoms with E-state index in [1.54, 1.807) is 0 Å². The first kappa shape index (κ1) is 19.7. The number of hydrogen-bond donors (Lipinski definition) is 1. The van der Waals surface area contributed by atoms with E-state index in [9.17, 15) is 9.59 Å². The summed E-state index contributed by atoms with van der Waals surface area (Å²) in [5, 5.41) is 2.78. The SMILES string of the molecule is CC(C)(C)OC(=O)N1[C@@H]2CC[C@H]1C[C@@H](NC(=O)OCC(Cl)(Cl)Cl)C2. The standard InChI is InChI=1S/C15H23Cl3N2O4/c1-14(2,3)24-13(22)20-10-4-5-11(20)7-9(6-10)19-12(21)23-8-15(16,17)18/h9-11H,4-8H2,1-3H3,(H,19,21)/t9-,10+,11-. The van der Waals surface area contributed by atoms with E-state index in [0.717, 1.165) is 12.8 Å². The van der Waals surface area contributed by atoms with E-state index < -0.39 is 15.5 Å². The van der Waals surface area contributed by atoms with Crippen molar-refractivity contribution in [2.75, 3.05) is 6.61 Å². The third-order valence-electron chi connectivity index (χ3n) is 4.03. The van der Waals surface area contributed by atoms with Gasteiger partial charge in [-0.05, 0) is 46.5 Å². The number of halogens is 3. The summed E-state index contributed by atoms with van der Waals surface area (Å²) in [4.78, 5) is 26.0. The highest BCUT2D eigenvalue weighted by Gasteiger charge is 2.45. The van der Waals surface area contributed by atoms with E-state index in [1.807, 2.05) is 25.7 Å². The zero-order valence-corrected chi connectivity index (χ0v) is 16.2. The molecule has 2 bridgehead atoms. The fourth-order valence-electron chi connectivity index (χ4n) is 3.26. The van der Waals surface area contributed by atoms with Crippen molar-refractivity contribution in [3.8, 4) is 0 Å². The summed E-state index contributed by atoms with van der Waals surface area (Å²) in [6, 6.07) is 0.0678. The summed E-state index contributed by atoms with van der Waals surface area (Å²) in [6.07, 6.45) is 2.25. The maximum atomic E-state index is 12.4. The summed E-state index contributed by atoms with van der Waals surface area (Å²) < 4.78 is 8.74. The molecule has 2 saturated heterocycles. The van der Waals surface area contributed by atoms with Crippen LogP contribution in [-0.2, 0) is 9.47 Å². The van der Waals surface area contributed by atoms with Gasteiger partial charge in [0, 0.05) is 18.1 Å². The van der Waals surface area contributed by atoms with E-state index in [2.05, 4.69) is 5.32 Å². The molecule has 0 aromatic heterocycles. The van der Waals surface area contributed by atoms with Crippen molar-refractivity contribution in [2.45, 2.75) is 74.0 Å². The van der Waals surface area contributed by atoms with Crippen LogP contribution < -0.4 is 5.32 Å². The van der Waals surface area contributed by atoms with Crippen LogP contribution in [-0.4, -0.2) is 51.2 Å². The molecule has 9 heteroatoms. The number of carbonyl (C=O) groups excluding carboxylic acids is 2. The highest BCUT2D eigenvalue weighted by molar-refractivity contribution is 6.67. The minimum absolute atomic E-state index is 0.0657. The minimum Gasteiger partial charge on any atom is -0.445 e. The summed E-state index contributed by atoms with van der Waals surface area (Å²) in [7, 11) is 0. The summed E-state index contributed by atoms with van der Waals surface area (Å²) >= 11 is 16.7. The van der Waals surface area contributed by atoms with Crippen LogP contribution in [0, 0.1) is 0 Å². The predicted molar refractivity (Wildman–Crippen MR) is 92.7 cm³/mol. The molecular formula is C15H23Cl3N2O4. The second kappa shape index (κ2) is 7.34. The Labute approximate surface area is 157 Å². The Bertz CT molecular complexity index is 476. The monoisotopic (exact) mass is 400 g/mol. The predicted octanol–water partition coefficient (Wildman–Crippen LogP) is 4.01. The van der Waals surface area contributed by atoms with Gasteiger partial charge < -0.3 is 19.7 Å². The van der Waals surface area contributed by atoms with Crippen molar-refractivity contribution in [1.82, 2.24) is 10.2 Å². The van der Waals surface area contributed by atoms with E-state index in [4.69, 9.17) is 44.3 Å². The smallest absolute Gasteiger partial charge is 0.410 e. The van der Waals surface area contributed by atoms with Crippen LogP contribution in [0.3, 0.4) is 0 Å². The van der Waals surface area contributed by atoms with Crippen molar-refractivity contribution >= 4 is 47.0 Å². The number of nitrogens with zero attached hydrogens (tertiary/aromatic N) is 1. The molecule has 2 amide bonds. The topological polar surface area (TPSA) is 67.9 Å².